The molecule has 20 heavy (non-hydrogen) atoms. The van der Waals surface area contributed by atoms with Crippen LogP contribution in [-0.4, -0.2) is 51.2 Å². The SMILES string of the molecule is CCN1CCN(Cc2cccnc2C(N)=S)C(=O)C1=O. The standard InChI is InChI=1S/C13H16N4O2S/c1-2-16-6-7-17(13(19)12(16)18)8-9-4-3-5-15-10(9)11(14)20/h3-5H,2,6-8H2,1H3,(H2,14,20). The van der Waals surface area contributed by atoms with Crippen LogP contribution in [0.15, 0.2) is 18.3 Å². The summed E-state index contributed by atoms with van der Waals surface area (Å²) in [5.41, 5.74) is 6.87. The van der Waals surface area contributed by atoms with Gasteiger partial charge in [-0.3, -0.25) is 14.6 Å². The molecule has 6 nitrogen and oxygen atoms in total. The van der Waals surface area contributed by atoms with Crippen LogP contribution in [0, 0.1) is 0 Å². The van der Waals surface area contributed by atoms with Crippen molar-refractivity contribution in [2.75, 3.05) is 19.6 Å². The van der Waals surface area contributed by atoms with Crippen LogP contribution < -0.4 is 5.73 Å². The number of likely N-dealkylation sites (N-methyl/N-ethyl adjacent to an activating group) is 1. The Morgan fingerprint density at radius 1 is 1.35 bits per heavy atom. The van der Waals surface area contributed by atoms with E-state index < -0.39 is 11.8 Å². The monoisotopic (exact) mass is 292 g/mol. The van der Waals surface area contributed by atoms with Crippen LogP contribution in [0.3, 0.4) is 0 Å². The summed E-state index contributed by atoms with van der Waals surface area (Å²) in [4.78, 5) is 31.2. The van der Waals surface area contributed by atoms with E-state index in [1.54, 1.807) is 12.3 Å². The van der Waals surface area contributed by atoms with E-state index in [-0.39, 0.29) is 4.99 Å². The van der Waals surface area contributed by atoms with Gasteiger partial charge in [-0.2, -0.15) is 0 Å². The number of amides is 2. The Labute approximate surface area is 122 Å². The molecule has 1 fully saturated rings. The molecule has 0 saturated carbocycles. The maximum absolute atomic E-state index is 12.0. The molecule has 2 N–H and O–H groups in total. The molecule has 1 aromatic rings. The van der Waals surface area contributed by atoms with E-state index in [0.29, 0.717) is 31.9 Å². The quantitative estimate of drug-likeness (QED) is 0.619. The molecule has 1 aliphatic rings. The fraction of sp³-hybridized carbons (Fsp3) is 0.385. The number of aromatic nitrogens is 1. The average molecular weight is 292 g/mol. The fourth-order valence-corrected chi connectivity index (χ4v) is 2.35. The second-order valence-electron chi connectivity index (χ2n) is 4.49. The van der Waals surface area contributed by atoms with E-state index in [2.05, 4.69) is 4.98 Å². The number of carbonyl (C=O) groups excluding carboxylic acids is 2. The van der Waals surface area contributed by atoms with Crippen molar-refractivity contribution in [1.29, 1.82) is 0 Å². The van der Waals surface area contributed by atoms with Gasteiger partial charge in [0.2, 0.25) is 0 Å². The van der Waals surface area contributed by atoms with Gasteiger partial charge in [-0.25, -0.2) is 0 Å². The summed E-state index contributed by atoms with van der Waals surface area (Å²) in [5.74, 6) is -0.949. The fourth-order valence-electron chi connectivity index (χ4n) is 2.16. The highest BCUT2D eigenvalue weighted by Crippen LogP contribution is 2.13. The van der Waals surface area contributed by atoms with Crippen molar-refractivity contribution >= 4 is 29.0 Å². The summed E-state index contributed by atoms with van der Waals surface area (Å²) in [6.07, 6.45) is 1.60. The third-order valence-electron chi connectivity index (χ3n) is 3.26. The predicted molar refractivity (Wildman–Crippen MR) is 77.8 cm³/mol. The van der Waals surface area contributed by atoms with Crippen LogP contribution in [0.25, 0.3) is 0 Å². The Balaban J connectivity index is 2.17. The first-order valence-electron chi connectivity index (χ1n) is 6.36. The van der Waals surface area contributed by atoms with E-state index >= 15 is 0 Å². The summed E-state index contributed by atoms with van der Waals surface area (Å²) in [6, 6.07) is 3.57. The molecule has 7 heteroatoms. The number of carbonyl (C=O) groups is 2. The minimum Gasteiger partial charge on any atom is -0.388 e. The van der Waals surface area contributed by atoms with Crippen molar-refractivity contribution in [3.05, 3.63) is 29.6 Å². The summed E-state index contributed by atoms with van der Waals surface area (Å²) in [7, 11) is 0. The molecule has 2 amide bonds. The van der Waals surface area contributed by atoms with Gasteiger partial charge in [0.1, 0.15) is 10.7 Å². The van der Waals surface area contributed by atoms with Gasteiger partial charge in [0, 0.05) is 37.9 Å². The Bertz CT molecular complexity index is 561. The molecular formula is C13H16N4O2S. The predicted octanol–water partition coefficient (Wildman–Crippen LogP) is -0.0935. The molecule has 1 aliphatic heterocycles. The summed E-state index contributed by atoms with van der Waals surface area (Å²) in [5, 5.41) is 0. The highest BCUT2D eigenvalue weighted by molar-refractivity contribution is 7.80. The molecule has 2 heterocycles. The number of nitrogens with zero attached hydrogens (tertiary/aromatic N) is 3. The maximum Gasteiger partial charge on any atom is 0.312 e. The molecular weight excluding hydrogens is 276 g/mol. The van der Waals surface area contributed by atoms with E-state index in [4.69, 9.17) is 18.0 Å². The topological polar surface area (TPSA) is 79.5 Å². The maximum atomic E-state index is 12.0. The van der Waals surface area contributed by atoms with E-state index in [0.717, 1.165) is 5.56 Å². The van der Waals surface area contributed by atoms with E-state index in [1.165, 1.54) is 9.80 Å². The smallest absolute Gasteiger partial charge is 0.312 e. The number of hydrogen-bond acceptors (Lipinski definition) is 4. The zero-order chi connectivity index (χ0) is 14.7. The molecule has 0 spiro atoms. The van der Waals surface area contributed by atoms with Gasteiger partial charge in [-0.15, -0.1) is 0 Å². The number of pyridine rings is 1. The van der Waals surface area contributed by atoms with Crippen molar-refractivity contribution in [3.63, 3.8) is 0 Å². The molecule has 106 valence electrons. The van der Waals surface area contributed by atoms with Crippen molar-refractivity contribution in [2.24, 2.45) is 5.73 Å². The Morgan fingerprint density at radius 2 is 2.00 bits per heavy atom. The van der Waals surface area contributed by atoms with Crippen LogP contribution in [0.2, 0.25) is 0 Å². The Kier molecular flexibility index (Phi) is 4.29. The molecule has 0 unspecified atom stereocenters. The largest absolute Gasteiger partial charge is 0.388 e. The van der Waals surface area contributed by atoms with Crippen LogP contribution in [0.4, 0.5) is 0 Å². The zero-order valence-corrected chi connectivity index (χ0v) is 12.0. The third-order valence-corrected chi connectivity index (χ3v) is 3.46. The second-order valence-corrected chi connectivity index (χ2v) is 4.93. The van der Waals surface area contributed by atoms with Crippen molar-refractivity contribution < 1.29 is 9.59 Å². The number of nitrogens with two attached hydrogens (primary N) is 1. The van der Waals surface area contributed by atoms with Gasteiger partial charge >= 0.3 is 11.8 Å². The Morgan fingerprint density at radius 3 is 2.65 bits per heavy atom. The number of piperazine rings is 1. The highest BCUT2D eigenvalue weighted by Gasteiger charge is 2.31. The molecule has 0 aromatic carbocycles. The number of hydrogen-bond donors (Lipinski definition) is 1. The summed E-state index contributed by atoms with van der Waals surface area (Å²) in [6.45, 7) is 3.74. The lowest BCUT2D eigenvalue weighted by atomic mass is 10.1. The van der Waals surface area contributed by atoms with Crippen molar-refractivity contribution in [3.8, 4) is 0 Å². The molecule has 0 bridgehead atoms. The lowest BCUT2D eigenvalue weighted by Gasteiger charge is -2.33. The minimum atomic E-state index is -0.490. The van der Waals surface area contributed by atoms with Crippen LogP contribution in [-0.2, 0) is 16.1 Å². The van der Waals surface area contributed by atoms with Crippen LogP contribution in [0.1, 0.15) is 18.2 Å². The number of rotatable bonds is 4. The van der Waals surface area contributed by atoms with Gasteiger partial charge in [0.15, 0.2) is 0 Å². The van der Waals surface area contributed by atoms with E-state index in [9.17, 15) is 9.59 Å². The highest BCUT2D eigenvalue weighted by atomic mass is 32.1. The van der Waals surface area contributed by atoms with Crippen LogP contribution >= 0.6 is 12.2 Å². The van der Waals surface area contributed by atoms with Crippen LogP contribution in [0.5, 0.6) is 0 Å². The van der Waals surface area contributed by atoms with Gasteiger partial charge in [0.05, 0.1) is 0 Å². The third kappa shape index (κ3) is 2.77. The lowest BCUT2D eigenvalue weighted by molar-refractivity contribution is -0.156. The second kappa shape index (κ2) is 5.96. The summed E-state index contributed by atoms with van der Waals surface area (Å²) >= 11 is 4.94. The molecule has 2 rings (SSSR count). The average Bonchev–Trinajstić information content (AvgIpc) is 2.44. The van der Waals surface area contributed by atoms with Gasteiger partial charge in [-0.1, -0.05) is 18.3 Å². The first kappa shape index (κ1) is 14.4. The first-order chi connectivity index (χ1) is 9.54. The molecule has 0 atom stereocenters. The number of thiocarbonyl (C=S) groups is 1. The van der Waals surface area contributed by atoms with Gasteiger partial charge in [0.25, 0.3) is 0 Å². The summed E-state index contributed by atoms with van der Waals surface area (Å²) < 4.78 is 0. The zero-order valence-electron chi connectivity index (χ0n) is 11.2. The van der Waals surface area contributed by atoms with E-state index in [1.807, 2.05) is 13.0 Å². The van der Waals surface area contributed by atoms with Crippen molar-refractivity contribution in [1.82, 2.24) is 14.8 Å². The normalized spacial score (nSPS) is 15.7. The first-order valence-corrected chi connectivity index (χ1v) is 6.77. The van der Waals surface area contributed by atoms with Gasteiger partial charge < -0.3 is 15.5 Å². The van der Waals surface area contributed by atoms with Crippen molar-refractivity contribution in [2.45, 2.75) is 13.5 Å². The minimum absolute atomic E-state index is 0.187. The molecule has 0 radical (unpaired) electrons. The molecule has 1 aromatic heterocycles. The molecule has 1 saturated heterocycles. The van der Waals surface area contributed by atoms with Gasteiger partial charge in [-0.05, 0) is 13.0 Å². The lowest BCUT2D eigenvalue weighted by Crippen LogP contribution is -2.53. The molecule has 0 aliphatic carbocycles. The Hall–Kier alpha value is -2.02.